The molecule has 86 valence electrons. The van der Waals surface area contributed by atoms with Crippen molar-refractivity contribution in [1.29, 1.82) is 0 Å². The van der Waals surface area contributed by atoms with Crippen LogP contribution in [0.4, 0.5) is 0 Å². The molecule has 5 heteroatoms. The summed E-state index contributed by atoms with van der Waals surface area (Å²) in [6, 6.07) is 0. The van der Waals surface area contributed by atoms with Crippen LogP contribution in [0.3, 0.4) is 0 Å². The van der Waals surface area contributed by atoms with Crippen molar-refractivity contribution >= 4 is 5.57 Å². The average Bonchev–Trinajstić information content (AvgIpc) is 2.77. The van der Waals surface area contributed by atoms with Crippen LogP contribution >= 0.6 is 0 Å². The van der Waals surface area contributed by atoms with Crippen LogP contribution in [-0.2, 0) is 4.74 Å². The van der Waals surface area contributed by atoms with Gasteiger partial charge in [0, 0.05) is 0 Å². The third-order valence-electron chi connectivity index (χ3n) is 2.28. The Bertz CT molecular complexity index is 425. The molecule has 5 nitrogen and oxygen atoms in total. The van der Waals surface area contributed by atoms with Crippen LogP contribution < -0.4 is 0 Å². The van der Waals surface area contributed by atoms with E-state index in [4.69, 9.17) is 4.74 Å². The smallest absolute Gasteiger partial charge is 0.208 e. The Balaban J connectivity index is 3.17. The van der Waals surface area contributed by atoms with Crippen molar-refractivity contribution < 1.29 is 4.74 Å². The lowest BCUT2D eigenvalue weighted by atomic mass is 10.1. The Kier molecular flexibility index (Phi) is 3.99. The molecule has 16 heavy (non-hydrogen) atoms. The fourth-order valence-electron chi connectivity index (χ4n) is 1.02. The van der Waals surface area contributed by atoms with Gasteiger partial charge in [-0.3, -0.25) is 0 Å². The molecule has 0 aliphatic rings. The van der Waals surface area contributed by atoms with Gasteiger partial charge in [0.05, 0.1) is 12.7 Å². The molecule has 0 saturated heterocycles. The first-order valence-corrected chi connectivity index (χ1v) is 4.89. The molecule has 0 atom stereocenters. The van der Waals surface area contributed by atoms with Crippen LogP contribution in [0.25, 0.3) is 5.57 Å². The molecule has 0 aromatic carbocycles. The van der Waals surface area contributed by atoms with Gasteiger partial charge in [0.2, 0.25) is 5.82 Å². The summed E-state index contributed by atoms with van der Waals surface area (Å²) in [4.78, 5) is 0. The fourth-order valence-corrected chi connectivity index (χ4v) is 1.02. The maximum atomic E-state index is 5.11. The predicted molar refractivity (Wildman–Crippen MR) is 62.4 cm³/mol. The topological polar surface area (TPSA) is 63.7 Å². The number of allylic oxidation sites excluding steroid dienone is 4. The van der Waals surface area contributed by atoms with Crippen molar-refractivity contribution in [3.8, 4) is 0 Å². The molecule has 0 bridgehead atoms. The number of nitrogens with one attached hydrogen (secondary N) is 1. The van der Waals surface area contributed by atoms with Crippen molar-refractivity contribution in [3.63, 3.8) is 0 Å². The number of methoxy groups -OCH3 is 1. The van der Waals surface area contributed by atoms with Gasteiger partial charge in [-0.2, -0.15) is 5.21 Å². The highest BCUT2D eigenvalue weighted by Gasteiger charge is 2.11. The maximum Gasteiger partial charge on any atom is 0.208 e. The van der Waals surface area contributed by atoms with Gasteiger partial charge < -0.3 is 4.74 Å². The van der Waals surface area contributed by atoms with Gasteiger partial charge in [-0.05, 0) is 32.1 Å². The molecular formula is C11H16N4O. The number of hydrogen-bond acceptors (Lipinski definition) is 4. The first-order valence-electron chi connectivity index (χ1n) is 4.89. The SMILES string of the molecule is C=C(OC)/C(=C\C(C)=C(C)C)c1nn[nH]n1. The number of tetrazole rings is 1. The minimum absolute atomic E-state index is 0.479. The third kappa shape index (κ3) is 2.79. The Morgan fingerprint density at radius 3 is 2.50 bits per heavy atom. The highest BCUT2D eigenvalue weighted by atomic mass is 16.5. The minimum atomic E-state index is 0.479. The predicted octanol–water partition coefficient (Wildman–Crippen LogP) is 2.10. The summed E-state index contributed by atoms with van der Waals surface area (Å²) in [5.74, 6) is 0.995. The van der Waals surface area contributed by atoms with Crippen LogP contribution in [0.1, 0.15) is 26.6 Å². The molecular weight excluding hydrogens is 204 g/mol. The second-order valence-electron chi connectivity index (χ2n) is 3.60. The lowest BCUT2D eigenvalue weighted by Gasteiger charge is -2.06. The summed E-state index contributed by atoms with van der Waals surface area (Å²) < 4.78 is 5.11. The molecule has 0 radical (unpaired) electrons. The van der Waals surface area contributed by atoms with Crippen LogP contribution in [0, 0.1) is 0 Å². The van der Waals surface area contributed by atoms with E-state index in [-0.39, 0.29) is 0 Å². The minimum Gasteiger partial charge on any atom is -0.497 e. The Morgan fingerprint density at radius 1 is 1.38 bits per heavy atom. The summed E-state index contributed by atoms with van der Waals surface area (Å²) in [6.45, 7) is 9.89. The third-order valence-corrected chi connectivity index (χ3v) is 2.28. The molecule has 0 amide bonds. The van der Waals surface area contributed by atoms with Crippen molar-refractivity contribution in [1.82, 2.24) is 20.6 Å². The fraction of sp³-hybridized carbons (Fsp3) is 0.364. The van der Waals surface area contributed by atoms with E-state index in [2.05, 4.69) is 27.2 Å². The van der Waals surface area contributed by atoms with Crippen LogP contribution in [-0.4, -0.2) is 27.7 Å². The average molecular weight is 220 g/mol. The number of H-pyrrole nitrogens is 1. The summed E-state index contributed by atoms with van der Waals surface area (Å²) >= 11 is 0. The highest BCUT2D eigenvalue weighted by molar-refractivity contribution is 5.74. The number of nitrogens with zero attached hydrogens (tertiary/aromatic N) is 3. The van der Waals surface area contributed by atoms with Gasteiger partial charge in [-0.15, -0.1) is 10.2 Å². The summed E-state index contributed by atoms with van der Waals surface area (Å²) in [6.07, 6.45) is 1.94. The van der Waals surface area contributed by atoms with Crippen molar-refractivity contribution in [2.45, 2.75) is 20.8 Å². The van der Waals surface area contributed by atoms with E-state index in [1.807, 2.05) is 26.8 Å². The Labute approximate surface area is 94.9 Å². The molecule has 1 rings (SSSR count). The lowest BCUT2D eigenvalue weighted by Crippen LogP contribution is -1.95. The van der Waals surface area contributed by atoms with Crippen LogP contribution in [0.15, 0.2) is 29.6 Å². The second-order valence-corrected chi connectivity index (χ2v) is 3.60. The van der Waals surface area contributed by atoms with E-state index in [1.165, 1.54) is 5.57 Å². The van der Waals surface area contributed by atoms with Gasteiger partial charge in [-0.1, -0.05) is 17.7 Å². The van der Waals surface area contributed by atoms with Gasteiger partial charge in [-0.25, -0.2) is 0 Å². The number of aromatic amines is 1. The van der Waals surface area contributed by atoms with Crippen molar-refractivity contribution in [2.24, 2.45) is 0 Å². The number of hydrogen-bond donors (Lipinski definition) is 1. The number of ether oxygens (including phenoxy) is 1. The van der Waals surface area contributed by atoms with E-state index in [1.54, 1.807) is 7.11 Å². The van der Waals surface area contributed by atoms with E-state index >= 15 is 0 Å². The zero-order valence-corrected chi connectivity index (χ0v) is 10.0. The molecule has 0 fully saturated rings. The van der Waals surface area contributed by atoms with Crippen LogP contribution in [0.5, 0.6) is 0 Å². The normalized spacial score (nSPS) is 11.1. The van der Waals surface area contributed by atoms with Gasteiger partial charge in [0.15, 0.2) is 0 Å². The maximum absolute atomic E-state index is 5.11. The molecule has 0 saturated carbocycles. The lowest BCUT2D eigenvalue weighted by molar-refractivity contribution is 0.312. The molecule has 0 spiro atoms. The monoisotopic (exact) mass is 220 g/mol. The molecule has 1 N–H and O–H groups in total. The van der Waals surface area contributed by atoms with E-state index in [0.29, 0.717) is 11.6 Å². The van der Waals surface area contributed by atoms with Crippen molar-refractivity contribution in [3.05, 3.63) is 35.4 Å². The quantitative estimate of drug-likeness (QED) is 0.623. The first kappa shape index (κ1) is 12.2. The van der Waals surface area contributed by atoms with E-state index in [9.17, 15) is 0 Å². The Morgan fingerprint density at radius 2 is 2.06 bits per heavy atom. The molecule has 1 heterocycles. The van der Waals surface area contributed by atoms with Crippen molar-refractivity contribution in [2.75, 3.05) is 7.11 Å². The molecule has 1 aromatic rings. The Hall–Kier alpha value is -1.91. The molecule has 0 aliphatic heterocycles. The largest absolute Gasteiger partial charge is 0.497 e. The summed E-state index contributed by atoms with van der Waals surface area (Å²) in [5.41, 5.74) is 3.07. The highest BCUT2D eigenvalue weighted by Crippen LogP contribution is 2.21. The van der Waals surface area contributed by atoms with E-state index < -0.39 is 0 Å². The zero-order chi connectivity index (χ0) is 12.1. The van der Waals surface area contributed by atoms with Crippen LogP contribution in [0.2, 0.25) is 0 Å². The number of aromatic nitrogens is 4. The standard InChI is InChI=1S/C11H16N4O/c1-7(2)8(3)6-10(9(4)16-5)11-12-14-15-13-11/h6H,4H2,1-3,5H3,(H,12,13,14,15)/b10-6+. The molecule has 0 aliphatic carbocycles. The van der Waals surface area contributed by atoms with E-state index in [0.717, 1.165) is 11.1 Å². The van der Waals surface area contributed by atoms with Gasteiger partial charge in [0.1, 0.15) is 5.76 Å². The first-order chi connectivity index (χ1) is 7.56. The molecule has 1 aromatic heterocycles. The van der Waals surface area contributed by atoms with Gasteiger partial charge in [0.25, 0.3) is 0 Å². The zero-order valence-electron chi connectivity index (χ0n) is 10.0. The molecule has 0 unspecified atom stereocenters. The van der Waals surface area contributed by atoms with Gasteiger partial charge >= 0.3 is 0 Å². The summed E-state index contributed by atoms with van der Waals surface area (Å²) in [7, 11) is 1.56. The second kappa shape index (κ2) is 5.25. The number of rotatable bonds is 4. The summed E-state index contributed by atoms with van der Waals surface area (Å²) in [5, 5.41) is 13.8.